The van der Waals surface area contributed by atoms with E-state index in [1.807, 2.05) is 29.2 Å². The molecule has 1 amide bonds. The summed E-state index contributed by atoms with van der Waals surface area (Å²) in [6, 6.07) is 9.08. The van der Waals surface area contributed by atoms with E-state index in [4.69, 9.17) is 21.3 Å². The van der Waals surface area contributed by atoms with Crippen molar-refractivity contribution < 1.29 is 9.53 Å². The van der Waals surface area contributed by atoms with E-state index in [1.165, 1.54) is 0 Å². The van der Waals surface area contributed by atoms with Crippen LogP contribution in [0.2, 0.25) is 5.02 Å². The summed E-state index contributed by atoms with van der Waals surface area (Å²) in [7, 11) is 1.66. The number of aromatic nitrogens is 3. The Morgan fingerprint density at radius 1 is 1.16 bits per heavy atom. The standard InChI is InChI=1S/C27H36ClN7O2/c1-18(2)33-10-8-20(9-11-33)30-24-22(28)16-29-27-25(24)31-26(32-27)19-4-6-21(7-5-19)35-13-12-34(14-15-37-3)23(36)17-35/h4-7,16,18,20H,8-15,17H2,1-3H3,(H2,29,30,31,32). The molecule has 0 spiro atoms. The van der Waals surface area contributed by atoms with E-state index in [9.17, 15) is 4.79 Å². The number of rotatable bonds is 8. The van der Waals surface area contributed by atoms with Gasteiger partial charge in [-0.1, -0.05) is 11.6 Å². The molecule has 2 saturated heterocycles. The van der Waals surface area contributed by atoms with Crippen molar-refractivity contribution in [1.29, 1.82) is 0 Å². The molecule has 0 unspecified atom stereocenters. The van der Waals surface area contributed by atoms with Crippen molar-refractivity contribution in [3.8, 4) is 11.4 Å². The molecule has 198 valence electrons. The van der Waals surface area contributed by atoms with Crippen LogP contribution in [0.1, 0.15) is 26.7 Å². The van der Waals surface area contributed by atoms with Crippen LogP contribution in [0.3, 0.4) is 0 Å². The number of carbonyl (C=O) groups excluding carboxylic acids is 1. The smallest absolute Gasteiger partial charge is 0.242 e. The van der Waals surface area contributed by atoms with Gasteiger partial charge in [0, 0.05) is 63.2 Å². The van der Waals surface area contributed by atoms with Crippen molar-refractivity contribution in [2.75, 3.05) is 63.2 Å². The van der Waals surface area contributed by atoms with Gasteiger partial charge in [-0.25, -0.2) is 9.97 Å². The van der Waals surface area contributed by atoms with E-state index in [2.05, 4.69) is 38.9 Å². The van der Waals surface area contributed by atoms with E-state index in [0.29, 0.717) is 49.0 Å². The lowest BCUT2D eigenvalue weighted by Gasteiger charge is -2.35. The third-order valence-electron chi connectivity index (χ3n) is 7.47. The molecule has 0 aliphatic carbocycles. The maximum absolute atomic E-state index is 12.5. The van der Waals surface area contributed by atoms with Gasteiger partial charge in [0.2, 0.25) is 5.91 Å². The topological polar surface area (TPSA) is 89.6 Å². The number of aromatic amines is 1. The average molecular weight is 526 g/mol. The molecule has 2 aromatic heterocycles. The van der Waals surface area contributed by atoms with Crippen LogP contribution in [0.25, 0.3) is 22.6 Å². The van der Waals surface area contributed by atoms with Gasteiger partial charge in [0.1, 0.15) is 11.3 Å². The molecular formula is C27H36ClN7O2. The molecule has 5 rings (SSSR count). The quantitative estimate of drug-likeness (QED) is 0.461. The van der Waals surface area contributed by atoms with Gasteiger partial charge in [0.15, 0.2) is 5.65 Å². The number of nitrogens with one attached hydrogen (secondary N) is 2. The van der Waals surface area contributed by atoms with Crippen molar-refractivity contribution in [3.05, 3.63) is 35.5 Å². The summed E-state index contributed by atoms with van der Waals surface area (Å²) in [4.78, 5) is 31.7. The molecule has 2 aliphatic heterocycles. The first-order valence-electron chi connectivity index (χ1n) is 13.1. The van der Waals surface area contributed by atoms with Gasteiger partial charge in [-0.05, 0) is 51.0 Å². The van der Waals surface area contributed by atoms with Gasteiger partial charge >= 0.3 is 0 Å². The number of amides is 1. The van der Waals surface area contributed by atoms with Crippen molar-refractivity contribution in [2.45, 2.75) is 38.8 Å². The minimum atomic E-state index is 0.127. The number of imidazole rings is 1. The second-order valence-corrected chi connectivity index (χ2v) is 10.6. The molecule has 37 heavy (non-hydrogen) atoms. The molecular weight excluding hydrogens is 490 g/mol. The Kier molecular flexibility index (Phi) is 7.83. The number of piperidine rings is 1. The third kappa shape index (κ3) is 5.68. The molecule has 2 N–H and O–H groups in total. The Balaban J connectivity index is 1.29. The number of methoxy groups -OCH3 is 1. The molecule has 9 nitrogen and oxygen atoms in total. The molecule has 0 atom stereocenters. The van der Waals surface area contributed by atoms with E-state index >= 15 is 0 Å². The molecule has 0 saturated carbocycles. The van der Waals surface area contributed by atoms with Crippen molar-refractivity contribution >= 4 is 40.0 Å². The summed E-state index contributed by atoms with van der Waals surface area (Å²) in [6.07, 6.45) is 3.82. The number of likely N-dealkylation sites (tertiary alicyclic amines) is 1. The zero-order chi connectivity index (χ0) is 25.9. The maximum atomic E-state index is 12.5. The fourth-order valence-electron chi connectivity index (χ4n) is 5.17. The fourth-order valence-corrected chi connectivity index (χ4v) is 5.36. The second kappa shape index (κ2) is 11.2. The predicted octanol–water partition coefficient (Wildman–Crippen LogP) is 3.86. The lowest BCUT2D eigenvalue weighted by molar-refractivity contribution is -0.131. The SMILES string of the molecule is COCCN1CCN(c2ccc(-c3nc4c(NC5CCN(C(C)C)CC5)c(Cl)cnc4[nH]3)cc2)CC1=O. The number of halogens is 1. The van der Waals surface area contributed by atoms with E-state index < -0.39 is 0 Å². The van der Waals surface area contributed by atoms with Crippen molar-refractivity contribution in [2.24, 2.45) is 0 Å². The minimum absolute atomic E-state index is 0.127. The number of pyridine rings is 1. The normalized spacial score (nSPS) is 17.8. The van der Waals surface area contributed by atoms with Crippen LogP contribution >= 0.6 is 11.6 Å². The van der Waals surface area contributed by atoms with E-state index in [0.717, 1.165) is 60.8 Å². The molecule has 0 radical (unpaired) electrons. The number of fused-ring (bicyclic) bond motifs is 1. The summed E-state index contributed by atoms with van der Waals surface area (Å²) in [6.45, 7) is 9.73. The number of anilines is 2. The summed E-state index contributed by atoms with van der Waals surface area (Å²) >= 11 is 6.58. The number of hydrogen-bond acceptors (Lipinski definition) is 7. The number of piperazine rings is 1. The number of H-pyrrole nitrogens is 1. The Hall–Kier alpha value is -2.88. The molecule has 1 aromatic carbocycles. The Labute approximate surface area is 223 Å². The van der Waals surface area contributed by atoms with E-state index in [-0.39, 0.29) is 5.91 Å². The molecule has 10 heteroatoms. The number of hydrogen-bond donors (Lipinski definition) is 2. The molecule has 0 bridgehead atoms. The van der Waals surface area contributed by atoms with Gasteiger partial charge in [-0.15, -0.1) is 0 Å². The number of ether oxygens (including phenoxy) is 1. The number of carbonyl (C=O) groups is 1. The van der Waals surface area contributed by atoms with Crippen molar-refractivity contribution in [3.63, 3.8) is 0 Å². The van der Waals surface area contributed by atoms with Crippen LogP contribution in [-0.2, 0) is 9.53 Å². The molecule has 4 heterocycles. The predicted molar refractivity (Wildman–Crippen MR) is 148 cm³/mol. The average Bonchev–Trinajstić information content (AvgIpc) is 3.35. The van der Waals surface area contributed by atoms with Crippen LogP contribution in [0.4, 0.5) is 11.4 Å². The highest BCUT2D eigenvalue weighted by Crippen LogP contribution is 2.32. The van der Waals surface area contributed by atoms with Crippen LogP contribution in [0.5, 0.6) is 0 Å². The van der Waals surface area contributed by atoms with Crippen LogP contribution in [-0.4, -0.2) is 95.7 Å². The first kappa shape index (κ1) is 25.8. The first-order valence-corrected chi connectivity index (χ1v) is 13.5. The summed E-state index contributed by atoms with van der Waals surface area (Å²) in [5.74, 6) is 0.872. The number of benzene rings is 1. The van der Waals surface area contributed by atoms with Crippen molar-refractivity contribution in [1.82, 2.24) is 24.8 Å². The Morgan fingerprint density at radius 3 is 2.59 bits per heavy atom. The Morgan fingerprint density at radius 2 is 1.92 bits per heavy atom. The lowest BCUT2D eigenvalue weighted by atomic mass is 10.0. The maximum Gasteiger partial charge on any atom is 0.242 e. The highest BCUT2D eigenvalue weighted by Gasteiger charge is 2.25. The largest absolute Gasteiger partial charge is 0.383 e. The number of nitrogens with zero attached hydrogens (tertiary/aromatic N) is 5. The Bertz CT molecular complexity index is 1220. The highest BCUT2D eigenvalue weighted by atomic mass is 35.5. The third-order valence-corrected chi connectivity index (χ3v) is 7.75. The summed E-state index contributed by atoms with van der Waals surface area (Å²) in [5.41, 5.74) is 4.30. The van der Waals surface area contributed by atoms with Crippen LogP contribution in [0.15, 0.2) is 30.5 Å². The van der Waals surface area contributed by atoms with E-state index in [1.54, 1.807) is 13.3 Å². The fraction of sp³-hybridized carbons (Fsp3) is 0.519. The zero-order valence-electron chi connectivity index (χ0n) is 21.8. The van der Waals surface area contributed by atoms with Gasteiger partial charge in [0.05, 0.1) is 30.1 Å². The minimum Gasteiger partial charge on any atom is -0.383 e. The lowest BCUT2D eigenvalue weighted by Crippen LogP contribution is -2.51. The van der Waals surface area contributed by atoms with Crippen LogP contribution in [0, 0.1) is 0 Å². The molecule has 2 fully saturated rings. The molecule has 3 aromatic rings. The van der Waals surface area contributed by atoms with Gasteiger partial charge in [-0.2, -0.15) is 0 Å². The second-order valence-electron chi connectivity index (χ2n) is 10.2. The van der Waals surface area contributed by atoms with Crippen LogP contribution < -0.4 is 10.2 Å². The first-order chi connectivity index (χ1) is 17.9. The zero-order valence-corrected chi connectivity index (χ0v) is 22.6. The van der Waals surface area contributed by atoms with Gasteiger partial charge < -0.3 is 29.7 Å². The summed E-state index contributed by atoms with van der Waals surface area (Å²) in [5, 5.41) is 4.24. The van der Waals surface area contributed by atoms with Gasteiger partial charge in [-0.3, -0.25) is 4.79 Å². The van der Waals surface area contributed by atoms with Gasteiger partial charge in [0.25, 0.3) is 0 Å². The highest BCUT2D eigenvalue weighted by molar-refractivity contribution is 6.34. The molecule has 2 aliphatic rings. The summed E-state index contributed by atoms with van der Waals surface area (Å²) < 4.78 is 5.11. The monoisotopic (exact) mass is 525 g/mol.